The second-order valence-corrected chi connectivity index (χ2v) is 7.94. The van der Waals surface area contributed by atoms with E-state index in [1.165, 1.54) is 0 Å². The predicted octanol–water partition coefficient (Wildman–Crippen LogP) is 3.58. The zero-order valence-corrected chi connectivity index (χ0v) is 17.7. The molecule has 30 heavy (non-hydrogen) atoms. The Morgan fingerprint density at radius 3 is 2.53 bits per heavy atom. The number of nitrogens with one attached hydrogen (secondary N) is 1. The number of aromatic nitrogens is 1. The standard InChI is InChI=1S/C25H29N3O2/c1-18-21-10-6-7-11-23(21)26-19(2)22(18)16-25(29)27-24(20-8-4-3-5-9-20)17-28-12-14-30-15-13-28/h3-11,24H,12-17H2,1-2H3,(H,27,29). The molecule has 2 heterocycles. The van der Waals surface area contributed by atoms with Crippen LogP contribution in [0, 0.1) is 13.8 Å². The van der Waals surface area contributed by atoms with Gasteiger partial charge in [-0.2, -0.15) is 0 Å². The molecule has 0 aliphatic carbocycles. The van der Waals surface area contributed by atoms with Crippen LogP contribution < -0.4 is 5.32 Å². The number of pyridine rings is 1. The molecule has 1 atom stereocenters. The third-order valence-electron chi connectivity index (χ3n) is 5.90. The van der Waals surface area contributed by atoms with Crippen LogP contribution >= 0.6 is 0 Å². The van der Waals surface area contributed by atoms with Crippen molar-refractivity contribution in [1.82, 2.24) is 15.2 Å². The summed E-state index contributed by atoms with van der Waals surface area (Å²) in [5.74, 6) is 0.0281. The van der Waals surface area contributed by atoms with Crippen LogP contribution in [-0.2, 0) is 16.0 Å². The Balaban J connectivity index is 1.53. The van der Waals surface area contributed by atoms with E-state index < -0.39 is 0 Å². The molecular weight excluding hydrogens is 374 g/mol. The van der Waals surface area contributed by atoms with Crippen molar-refractivity contribution in [3.05, 3.63) is 77.0 Å². The minimum Gasteiger partial charge on any atom is -0.379 e. The number of amides is 1. The lowest BCUT2D eigenvalue weighted by Crippen LogP contribution is -2.43. The van der Waals surface area contributed by atoms with Crippen molar-refractivity contribution in [3.8, 4) is 0 Å². The highest BCUT2D eigenvalue weighted by Crippen LogP contribution is 2.23. The molecule has 1 saturated heterocycles. The summed E-state index contributed by atoms with van der Waals surface area (Å²) in [6.45, 7) is 8.14. The van der Waals surface area contributed by atoms with Gasteiger partial charge in [-0.1, -0.05) is 48.5 Å². The van der Waals surface area contributed by atoms with E-state index in [9.17, 15) is 4.79 Å². The number of benzene rings is 2. The Hall–Kier alpha value is -2.76. The summed E-state index contributed by atoms with van der Waals surface area (Å²) in [7, 11) is 0. The first-order valence-corrected chi connectivity index (χ1v) is 10.6. The van der Waals surface area contributed by atoms with E-state index in [1.807, 2.05) is 43.3 Å². The zero-order valence-electron chi connectivity index (χ0n) is 17.7. The van der Waals surface area contributed by atoms with Gasteiger partial charge in [0, 0.05) is 30.7 Å². The van der Waals surface area contributed by atoms with Crippen molar-refractivity contribution in [2.45, 2.75) is 26.3 Å². The van der Waals surface area contributed by atoms with Crippen LogP contribution in [0.4, 0.5) is 0 Å². The number of aryl methyl sites for hydroxylation is 2. The minimum atomic E-state index is -0.0502. The van der Waals surface area contributed by atoms with Gasteiger partial charge in [0.2, 0.25) is 5.91 Å². The van der Waals surface area contributed by atoms with Crippen LogP contribution in [0.5, 0.6) is 0 Å². The maximum Gasteiger partial charge on any atom is 0.225 e. The summed E-state index contributed by atoms with van der Waals surface area (Å²) in [6.07, 6.45) is 0.335. The maximum atomic E-state index is 13.1. The van der Waals surface area contributed by atoms with Gasteiger partial charge in [-0.05, 0) is 36.6 Å². The molecule has 0 saturated carbocycles. The fourth-order valence-electron chi connectivity index (χ4n) is 4.20. The summed E-state index contributed by atoms with van der Waals surface area (Å²) in [5, 5.41) is 4.39. The Morgan fingerprint density at radius 2 is 1.77 bits per heavy atom. The number of morpholine rings is 1. The fourth-order valence-corrected chi connectivity index (χ4v) is 4.20. The molecule has 5 nitrogen and oxygen atoms in total. The van der Waals surface area contributed by atoms with E-state index in [0.717, 1.165) is 66.1 Å². The van der Waals surface area contributed by atoms with E-state index in [2.05, 4.69) is 35.3 Å². The van der Waals surface area contributed by atoms with Crippen molar-refractivity contribution < 1.29 is 9.53 Å². The molecular formula is C25H29N3O2. The Kier molecular flexibility index (Phi) is 6.41. The van der Waals surface area contributed by atoms with E-state index >= 15 is 0 Å². The summed E-state index contributed by atoms with van der Waals surface area (Å²) in [4.78, 5) is 20.2. The quantitative estimate of drug-likeness (QED) is 0.684. The van der Waals surface area contributed by atoms with Crippen LogP contribution in [0.15, 0.2) is 54.6 Å². The lowest BCUT2D eigenvalue weighted by atomic mass is 9.98. The Labute approximate surface area is 178 Å². The summed E-state index contributed by atoms with van der Waals surface area (Å²) < 4.78 is 5.47. The Morgan fingerprint density at radius 1 is 1.07 bits per heavy atom. The van der Waals surface area contributed by atoms with Gasteiger partial charge in [-0.15, -0.1) is 0 Å². The number of carbonyl (C=O) groups is 1. The highest BCUT2D eigenvalue weighted by atomic mass is 16.5. The monoisotopic (exact) mass is 403 g/mol. The molecule has 0 bridgehead atoms. The molecule has 1 N–H and O–H groups in total. The lowest BCUT2D eigenvalue weighted by Gasteiger charge is -2.31. The highest BCUT2D eigenvalue weighted by Gasteiger charge is 2.21. The maximum absolute atomic E-state index is 13.1. The van der Waals surface area contributed by atoms with Crippen molar-refractivity contribution >= 4 is 16.8 Å². The summed E-state index contributed by atoms with van der Waals surface area (Å²) in [5.41, 5.74) is 5.18. The SMILES string of the molecule is Cc1nc2ccccc2c(C)c1CC(=O)NC(CN1CCOCC1)c1ccccc1. The number of nitrogens with zero attached hydrogens (tertiary/aromatic N) is 2. The summed E-state index contributed by atoms with van der Waals surface area (Å²) in [6, 6.07) is 18.3. The largest absolute Gasteiger partial charge is 0.379 e. The average molecular weight is 404 g/mol. The van der Waals surface area contributed by atoms with Gasteiger partial charge >= 0.3 is 0 Å². The van der Waals surface area contributed by atoms with E-state index in [0.29, 0.717) is 6.42 Å². The fraction of sp³-hybridized carbons (Fsp3) is 0.360. The smallest absolute Gasteiger partial charge is 0.225 e. The molecule has 1 fully saturated rings. The van der Waals surface area contributed by atoms with Gasteiger partial charge in [-0.3, -0.25) is 14.7 Å². The average Bonchev–Trinajstić information content (AvgIpc) is 2.77. The second-order valence-electron chi connectivity index (χ2n) is 7.94. The highest BCUT2D eigenvalue weighted by molar-refractivity contribution is 5.86. The third-order valence-corrected chi connectivity index (χ3v) is 5.90. The van der Waals surface area contributed by atoms with E-state index in [1.54, 1.807) is 0 Å². The normalized spacial score (nSPS) is 15.8. The van der Waals surface area contributed by atoms with Gasteiger partial charge in [0.1, 0.15) is 0 Å². The van der Waals surface area contributed by atoms with E-state index in [-0.39, 0.29) is 11.9 Å². The number of rotatable bonds is 6. The van der Waals surface area contributed by atoms with Gasteiger partial charge in [0.25, 0.3) is 0 Å². The van der Waals surface area contributed by atoms with Crippen molar-refractivity contribution in [2.24, 2.45) is 0 Å². The first-order valence-electron chi connectivity index (χ1n) is 10.6. The van der Waals surface area contributed by atoms with Crippen LogP contribution in [0.1, 0.15) is 28.4 Å². The molecule has 2 aromatic carbocycles. The molecule has 0 spiro atoms. The second kappa shape index (κ2) is 9.37. The van der Waals surface area contributed by atoms with Crippen LogP contribution in [-0.4, -0.2) is 48.6 Å². The zero-order chi connectivity index (χ0) is 20.9. The Bertz CT molecular complexity index is 1010. The lowest BCUT2D eigenvalue weighted by molar-refractivity contribution is -0.121. The number of ether oxygens (including phenoxy) is 1. The molecule has 4 rings (SSSR count). The molecule has 1 aliphatic rings. The van der Waals surface area contributed by atoms with Crippen molar-refractivity contribution in [1.29, 1.82) is 0 Å². The number of para-hydroxylation sites is 1. The van der Waals surface area contributed by atoms with E-state index in [4.69, 9.17) is 9.72 Å². The molecule has 1 unspecified atom stereocenters. The first kappa shape index (κ1) is 20.5. The molecule has 3 aromatic rings. The van der Waals surface area contributed by atoms with Gasteiger partial charge in [0.15, 0.2) is 0 Å². The third kappa shape index (κ3) is 4.69. The van der Waals surface area contributed by atoms with Gasteiger partial charge in [-0.25, -0.2) is 0 Å². The summed E-state index contributed by atoms with van der Waals surface area (Å²) >= 11 is 0. The number of carbonyl (C=O) groups excluding carboxylic acids is 1. The molecule has 0 radical (unpaired) electrons. The molecule has 1 aliphatic heterocycles. The molecule has 1 aromatic heterocycles. The van der Waals surface area contributed by atoms with Crippen LogP contribution in [0.2, 0.25) is 0 Å². The number of hydrogen-bond acceptors (Lipinski definition) is 4. The molecule has 5 heteroatoms. The minimum absolute atomic E-state index is 0.0281. The number of fused-ring (bicyclic) bond motifs is 1. The van der Waals surface area contributed by atoms with Crippen LogP contribution in [0.25, 0.3) is 10.9 Å². The van der Waals surface area contributed by atoms with Crippen molar-refractivity contribution in [2.75, 3.05) is 32.8 Å². The van der Waals surface area contributed by atoms with Crippen molar-refractivity contribution in [3.63, 3.8) is 0 Å². The number of hydrogen-bond donors (Lipinski definition) is 1. The van der Waals surface area contributed by atoms with Gasteiger partial charge < -0.3 is 10.1 Å². The first-order chi connectivity index (χ1) is 14.6. The molecule has 156 valence electrons. The van der Waals surface area contributed by atoms with Gasteiger partial charge in [0.05, 0.1) is 31.2 Å². The molecule has 1 amide bonds. The van der Waals surface area contributed by atoms with Crippen LogP contribution in [0.3, 0.4) is 0 Å². The predicted molar refractivity (Wildman–Crippen MR) is 120 cm³/mol. The topological polar surface area (TPSA) is 54.5 Å².